The van der Waals surface area contributed by atoms with Gasteiger partial charge in [0, 0.05) is 0 Å². The average molecular weight is 306 g/mol. The minimum atomic E-state index is -0.385. The first-order chi connectivity index (χ1) is 10.5. The lowest BCUT2D eigenvalue weighted by Gasteiger charge is -2.37. The van der Waals surface area contributed by atoms with Gasteiger partial charge in [-0.2, -0.15) is 0 Å². The van der Waals surface area contributed by atoms with Gasteiger partial charge in [-0.1, -0.05) is 0 Å². The Morgan fingerprint density at radius 2 is 0.909 bits per heavy atom. The molecule has 0 bridgehead atoms. The van der Waals surface area contributed by atoms with Crippen molar-refractivity contribution in [2.75, 3.05) is 0 Å². The van der Waals surface area contributed by atoms with Gasteiger partial charge in [-0.3, -0.25) is 19.2 Å². The van der Waals surface area contributed by atoms with Crippen molar-refractivity contribution in [1.82, 2.24) is 0 Å². The minimum absolute atomic E-state index is 0.266. The first-order valence-corrected chi connectivity index (χ1v) is 8.05. The summed E-state index contributed by atoms with van der Waals surface area (Å²) in [5.74, 6) is -2.01. The van der Waals surface area contributed by atoms with E-state index in [4.69, 9.17) is 9.47 Å². The summed E-state index contributed by atoms with van der Waals surface area (Å²) in [6, 6.07) is 0. The minimum Gasteiger partial charge on any atom is -0.393 e. The van der Waals surface area contributed by atoms with Gasteiger partial charge < -0.3 is 9.47 Å². The zero-order valence-corrected chi connectivity index (χ0v) is 12.2. The fourth-order valence-electron chi connectivity index (χ4n) is 4.85. The molecule has 0 N–H and O–H groups in total. The molecule has 6 heteroatoms. The van der Waals surface area contributed by atoms with Crippen LogP contribution in [-0.4, -0.2) is 23.9 Å². The molecular formula is C16H18O6. The Labute approximate surface area is 127 Å². The van der Waals surface area contributed by atoms with E-state index in [0.29, 0.717) is 37.5 Å². The van der Waals surface area contributed by atoms with Crippen LogP contribution in [0.4, 0.5) is 0 Å². The van der Waals surface area contributed by atoms with E-state index < -0.39 is 0 Å². The molecule has 0 spiro atoms. The number of hydrogen-bond acceptors (Lipinski definition) is 6. The van der Waals surface area contributed by atoms with Crippen LogP contribution < -0.4 is 0 Å². The molecule has 0 radical (unpaired) electrons. The first-order valence-electron chi connectivity index (χ1n) is 8.05. The van der Waals surface area contributed by atoms with Gasteiger partial charge in [-0.15, -0.1) is 0 Å². The van der Waals surface area contributed by atoms with Crippen molar-refractivity contribution in [1.29, 1.82) is 0 Å². The number of ether oxygens (including phenoxy) is 2. The summed E-state index contributed by atoms with van der Waals surface area (Å²) in [5, 5.41) is 0. The second-order valence-electron chi connectivity index (χ2n) is 7.05. The second-order valence-corrected chi connectivity index (χ2v) is 7.05. The molecule has 22 heavy (non-hydrogen) atoms. The van der Waals surface area contributed by atoms with Crippen molar-refractivity contribution in [3.63, 3.8) is 0 Å². The summed E-state index contributed by atoms with van der Waals surface area (Å²) >= 11 is 0. The van der Waals surface area contributed by atoms with Crippen LogP contribution in [0.1, 0.15) is 38.5 Å². The zero-order chi connectivity index (χ0) is 15.4. The predicted molar refractivity (Wildman–Crippen MR) is 70.8 cm³/mol. The molecule has 4 aliphatic rings. The van der Waals surface area contributed by atoms with Crippen LogP contribution in [0.2, 0.25) is 0 Å². The van der Waals surface area contributed by atoms with Gasteiger partial charge >= 0.3 is 23.9 Å². The molecule has 4 fully saturated rings. The summed E-state index contributed by atoms with van der Waals surface area (Å²) in [6.45, 7) is 0. The van der Waals surface area contributed by atoms with Crippen molar-refractivity contribution in [2.24, 2.45) is 35.5 Å². The molecule has 6 atom stereocenters. The summed E-state index contributed by atoms with van der Waals surface area (Å²) < 4.78 is 9.50. The number of cyclic esters (lactones) is 4. The summed E-state index contributed by atoms with van der Waals surface area (Å²) in [7, 11) is 0. The van der Waals surface area contributed by atoms with Crippen LogP contribution in [-0.2, 0) is 28.7 Å². The third-order valence-corrected chi connectivity index (χ3v) is 6.06. The molecule has 4 rings (SSSR count). The normalized spacial score (nSPS) is 44.4. The van der Waals surface area contributed by atoms with Gasteiger partial charge in [0.15, 0.2) is 0 Å². The predicted octanol–water partition coefficient (Wildman–Crippen LogP) is 1.22. The number of rotatable bonds is 1. The van der Waals surface area contributed by atoms with Crippen molar-refractivity contribution in [2.45, 2.75) is 38.5 Å². The van der Waals surface area contributed by atoms with E-state index in [1.807, 2.05) is 0 Å². The molecular weight excluding hydrogens is 288 g/mol. The third kappa shape index (κ3) is 2.00. The van der Waals surface area contributed by atoms with Crippen LogP contribution in [0.5, 0.6) is 0 Å². The largest absolute Gasteiger partial charge is 0.393 e. The molecule has 2 saturated carbocycles. The van der Waals surface area contributed by atoms with Gasteiger partial charge in [0.05, 0.1) is 23.7 Å². The average Bonchev–Trinajstić information content (AvgIpc) is 2.96. The molecule has 0 aromatic carbocycles. The fourth-order valence-corrected chi connectivity index (χ4v) is 4.85. The standard InChI is InChI=1S/C16H18O6/c17-13-9-3-1-7(5-11(9)15(19)21-13)8-2-4-10-12(6-8)16(20)22-14(10)18/h7-12H,1-6H2/t7-,8+,9+,10-,11-,12+. The highest BCUT2D eigenvalue weighted by Crippen LogP contribution is 2.48. The van der Waals surface area contributed by atoms with Crippen molar-refractivity contribution in [3.05, 3.63) is 0 Å². The third-order valence-electron chi connectivity index (χ3n) is 6.06. The smallest absolute Gasteiger partial charge is 0.317 e. The fraction of sp³-hybridized carbons (Fsp3) is 0.750. The van der Waals surface area contributed by atoms with Crippen LogP contribution >= 0.6 is 0 Å². The number of hydrogen-bond donors (Lipinski definition) is 0. The lowest BCUT2D eigenvalue weighted by molar-refractivity contribution is -0.155. The lowest BCUT2D eigenvalue weighted by atomic mass is 9.64. The molecule has 0 aromatic heterocycles. The van der Waals surface area contributed by atoms with Gasteiger partial charge in [0.2, 0.25) is 0 Å². The van der Waals surface area contributed by atoms with Crippen molar-refractivity contribution < 1.29 is 28.7 Å². The van der Waals surface area contributed by atoms with Crippen LogP contribution in [0, 0.1) is 35.5 Å². The summed E-state index contributed by atoms with van der Waals surface area (Å²) in [4.78, 5) is 46.7. The number of carbonyl (C=O) groups is 4. The van der Waals surface area contributed by atoms with E-state index >= 15 is 0 Å². The molecule has 118 valence electrons. The second kappa shape index (κ2) is 4.89. The Hall–Kier alpha value is -1.72. The molecule has 2 aliphatic carbocycles. The van der Waals surface area contributed by atoms with E-state index in [1.54, 1.807) is 0 Å². The molecule has 2 heterocycles. The number of carbonyl (C=O) groups excluding carboxylic acids is 4. The molecule has 6 nitrogen and oxygen atoms in total. The highest BCUT2D eigenvalue weighted by molar-refractivity contribution is 5.97. The maximum Gasteiger partial charge on any atom is 0.317 e. The first kappa shape index (κ1) is 13.9. The van der Waals surface area contributed by atoms with Crippen LogP contribution in [0.15, 0.2) is 0 Å². The molecule has 2 aliphatic heterocycles. The Bertz CT molecular complexity index is 517. The van der Waals surface area contributed by atoms with E-state index in [2.05, 4.69) is 0 Å². The van der Waals surface area contributed by atoms with Crippen molar-refractivity contribution >= 4 is 23.9 Å². The van der Waals surface area contributed by atoms with Gasteiger partial charge in [0.25, 0.3) is 0 Å². The Morgan fingerprint density at radius 3 is 1.32 bits per heavy atom. The van der Waals surface area contributed by atoms with Gasteiger partial charge in [0.1, 0.15) is 0 Å². The van der Waals surface area contributed by atoms with Gasteiger partial charge in [-0.25, -0.2) is 0 Å². The lowest BCUT2D eigenvalue weighted by Crippen LogP contribution is -2.35. The number of fused-ring (bicyclic) bond motifs is 2. The Kier molecular flexibility index (Phi) is 3.09. The maximum absolute atomic E-state index is 11.8. The monoisotopic (exact) mass is 306 g/mol. The Balaban J connectivity index is 1.45. The van der Waals surface area contributed by atoms with Crippen LogP contribution in [0.25, 0.3) is 0 Å². The zero-order valence-electron chi connectivity index (χ0n) is 12.2. The van der Waals surface area contributed by atoms with E-state index in [-0.39, 0.29) is 47.5 Å². The highest BCUT2D eigenvalue weighted by Gasteiger charge is 2.52. The van der Waals surface area contributed by atoms with Gasteiger partial charge in [-0.05, 0) is 50.4 Å². The molecule has 0 aromatic rings. The molecule has 0 amide bonds. The Morgan fingerprint density at radius 1 is 0.545 bits per heavy atom. The molecule has 0 unspecified atom stereocenters. The van der Waals surface area contributed by atoms with E-state index in [9.17, 15) is 19.2 Å². The quantitative estimate of drug-likeness (QED) is 0.535. The maximum atomic E-state index is 11.8. The van der Waals surface area contributed by atoms with E-state index in [0.717, 1.165) is 12.8 Å². The van der Waals surface area contributed by atoms with Crippen molar-refractivity contribution in [3.8, 4) is 0 Å². The number of esters is 4. The SMILES string of the molecule is O=C1OC(=O)[C@@H]2CC[C@H]([C@@H]3CC[C@@H]4C(=O)OC(=O)[C@@H]4C3)C[C@H]12. The van der Waals surface area contributed by atoms with Crippen LogP contribution in [0.3, 0.4) is 0 Å². The summed E-state index contributed by atoms with van der Waals surface area (Å²) in [6.07, 6.45) is 4.48. The summed E-state index contributed by atoms with van der Waals surface area (Å²) in [5.41, 5.74) is 0. The highest BCUT2D eigenvalue weighted by atomic mass is 16.6. The van der Waals surface area contributed by atoms with E-state index in [1.165, 1.54) is 0 Å². The topological polar surface area (TPSA) is 86.7 Å². The molecule has 2 saturated heterocycles.